The summed E-state index contributed by atoms with van der Waals surface area (Å²) in [6.07, 6.45) is 0.602. The number of hydrogen-bond donors (Lipinski definition) is 3. The maximum Gasteiger partial charge on any atom is 0.140 e. The molecule has 0 saturated carbocycles. The second-order valence-electron chi connectivity index (χ2n) is 1.69. The van der Waals surface area contributed by atoms with E-state index < -0.39 is 0 Å². The van der Waals surface area contributed by atoms with Gasteiger partial charge < -0.3 is 16.3 Å². The monoisotopic (exact) mass is 131 g/mol. The van der Waals surface area contributed by atoms with Gasteiger partial charge in [0.25, 0.3) is 0 Å². The largest absolute Gasteiger partial charge is 0.409 e. The SMILES string of the molecule is CCNCC/C(N)=N\O. The molecule has 0 spiro atoms. The molecular formula is C5H13N3O. The molecule has 0 saturated heterocycles. The van der Waals surface area contributed by atoms with Crippen LogP contribution in [0.1, 0.15) is 13.3 Å². The Morgan fingerprint density at radius 2 is 2.44 bits per heavy atom. The first-order valence-corrected chi connectivity index (χ1v) is 2.98. The highest BCUT2D eigenvalue weighted by molar-refractivity contribution is 5.79. The first-order valence-electron chi connectivity index (χ1n) is 2.98. The molecule has 0 rings (SSSR count). The van der Waals surface area contributed by atoms with Crippen LogP contribution in [0.25, 0.3) is 0 Å². The first-order chi connectivity index (χ1) is 4.31. The zero-order valence-corrected chi connectivity index (χ0v) is 5.59. The van der Waals surface area contributed by atoms with E-state index in [0.717, 1.165) is 13.1 Å². The molecule has 0 aromatic carbocycles. The lowest BCUT2D eigenvalue weighted by molar-refractivity contribution is 0.316. The van der Waals surface area contributed by atoms with Gasteiger partial charge in [-0.2, -0.15) is 0 Å². The van der Waals surface area contributed by atoms with E-state index in [2.05, 4.69) is 10.5 Å². The molecule has 0 aliphatic heterocycles. The average molecular weight is 131 g/mol. The van der Waals surface area contributed by atoms with E-state index in [0.29, 0.717) is 6.42 Å². The summed E-state index contributed by atoms with van der Waals surface area (Å²) in [6.45, 7) is 3.69. The summed E-state index contributed by atoms with van der Waals surface area (Å²) in [6, 6.07) is 0. The van der Waals surface area contributed by atoms with Gasteiger partial charge in [0, 0.05) is 13.0 Å². The van der Waals surface area contributed by atoms with Crippen LogP contribution in [0.15, 0.2) is 5.16 Å². The Labute approximate surface area is 54.7 Å². The van der Waals surface area contributed by atoms with Crippen LogP contribution in [0, 0.1) is 0 Å². The van der Waals surface area contributed by atoms with E-state index in [1.54, 1.807) is 0 Å². The molecule has 0 fully saturated rings. The third kappa shape index (κ3) is 5.10. The Morgan fingerprint density at radius 3 is 2.89 bits per heavy atom. The van der Waals surface area contributed by atoms with Crippen molar-refractivity contribution in [1.29, 1.82) is 0 Å². The van der Waals surface area contributed by atoms with E-state index in [9.17, 15) is 0 Å². The molecule has 4 heteroatoms. The summed E-state index contributed by atoms with van der Waals surface area (Å²) in [4.78, 5) is 0. The molecule has 0 aliphatic rings. The third-order valence-electron chi connectivity index (χ3n) is 0.936. The zero-order valence-electron chi connectivity index (χ0n) is 5.59. The number of nitrogens with two attached hydrogens (primary N) is 1. The first kappa shape index (κ1) is 8.23. The Hall–Kier alpha value is -0.770. The molecule has 0 aromatic rings. The van der Waals surface area contributed by atoms with Crippen molar-refractivity contribution in [3.63, 3.8) is 0 Å². The predicted molar refractivity (Wildman–Crippen MR) is 36.6 cm³/mol. The highest BCUT2D eigenvalue weighted by atomic mass is 16.4. The van der Waals surface area contributed by atoms with Crippen molar-refractivity contribution in [2.75, 3.05) is 13.1 Å². The Kier molecular flexibility index (Phi) is 4.91. The van der Waals surface area contributed by atoms with Crippen LogP contribution in [-0.2, 0) is 0 Å². The zero-order chi connectivity index (χ0) is 7.11. The van der Waals surface area contributed by atoms with Crippen molar-refractivity contribution in [3.8, 4) is 0 Å². The number of rotatable bonds is 4. The molecule has 4 N–H and O–H groups in total. The summed E-state index contributed by atoms with van der Waals surface area (Å²) in [7, 11) is 0. The fourth-order valence-electron chi connectivity index (χ4n) is 0.443. The van der Waals surface area contributed by atoms with E-state index in [4.69, 9.17) is 10.9 Å². The summed E-state index contributed by atoms with van der Waals surface area (Å²) in [5, 5.41) is 13.9. The minimum absolute atomic E-state index is 0.274. The fourth-order valence-corrected chi connectivity index (χ4v) is 0.443. The van der Waals surface area contributed by atoms with Gasteiger partial charge >= 0.3 is 0 Å². The second-order valence-corrected chi connectivity index (χ2v) is 1.69. The minimum Gasteiger partial charge on any atom is -0.409 e. The molecule has 0 aromatic heterocycles. The molecule has 0 radical (unpaired) electrons. The van der Waals surface area contributed by atoms with Crippen molar-refractivity contribution >= 4 is 5.84 Å². The predicted octanol–water partition coefficient (Wildman–Crippen LogP) is -0.268. The molecular weight excluding hydrogens is 118 g/mol. The van der Waals surface area contributed by atoms with Crippen LogP contribution >= 0.6 is 0 Å². The lowest BCUT2D eigenvalue weighted by atomic mass is 10.4. The molecule has 9 heavy (non-hydrogen) atoms. The number of nitrogens with one attached hydrogen (secondary N) is 1. The van der Waals surface area contributed by atoms with Crippen molar-refractivity contribution < 1.29 is 5.21 Å². The van der Waals surface area contributed by atoms with E-state index >= 15 is 0 Å². The Bertz CT molecular complexity index is 92.2. The molecule has 0 heterocycles. The van der Waals surface area contributed by atoms with Gasteiger partial charge in [0.05, 0.1) is 0 Å². The van der Waals surface area contributed by atoms with Crippen molar-refractivity contribution in [3.05, 3.63) is 0 Å². The summed E-state index contributed by atoms with van der Waals surface area (Å²) in [5.74, 6) is 0.274. The lowest BCUT2D eigenvalue weighted by Gasteiger charge is -1.97. The van der Waals surface area contributed by atoms with Gasteiger partial charge in [0.2, 0.25) is 0 Å². The third-order valence-corrected chi connectivity index (χ3v) is 0.936. The molecule has 0 unspecified atom stereocenters. The van der Waals surface area contributed by atoms with Gasteiger partial charge in [-0.15, -0.1) is 0 Å². The normalized spacial score (nSPS) is 11.9. The standard InChI is InChI=1S/C5H13N3O/c1-2-7-4-3-5(6)8-9/h7,9H,2-4H2,1H3,(H2,6,8). The minimum atomic E-state index is 0.274. The van der Waals surface area contributed by atoms with Crippen LogP contribution in [-0.4, -0.2) is 24.1 Å². The maximum atomic E-state index is 8.07. The van der Waals surface area contributed by atoms with E-state index in [1.165, 1.54) is 0 Å². The smallest absolute Gasteiger partial charge is 0.140 e. The molecule has 0 bridgehead atoms. The van der Waals surface area contributed by atoms with Gasteiger partial charge in [0.1, 0.15) is 5.84 Å². The van der Waals surface area contributed by atoms with Crippen LogP contribution in [0.4, 0.5) is 0 Å². The van der Waals surface area contributed by atoms with Gasteiger partial charge in [-0.3, -0.25) is 0 Å². The average Bonchev–Trinajstić information content (AvgIpc) is 1.89. The molecule has 0 amide bonds. The highest BCUT2D eigenvalue weighted by Crippen LogP contribution is 1.74. The topological polar surface area (TPSA) is 70.6 Å². The fraction of sp³-hybridized carbons (Fsp3) is 0.800. The van der Waals surface area contributed by atoms with E-state index in [-0.39, 0.29) is 5.84 Å². The number of hydrogen-bond acceptors (Lipinski definition) is 3. The van der Waals surface area contributed by atoms with Crippen molar-refractivity contribution in [1.82, 2.24) is 5.32 Å². The second kappa shape index (κ2) is 5.37. The molecule has 0 atom stereocenters. The van der Waals surface area contributed by atoms with E-state index in [1.807, 2.05) is 6.92 Å². The highest BCUT2D eigenvalue weighted by Gasteiger charge is 1.89. The van der Waals surface area contributed by atoms with Gasteiger partial charge in [-0.05, 0) is 6.54 Å². The summed E-state index contributed by atoms with van der Waals surface area (Å²) < 4.78 is 0. The quantitative estimate of drug-likeness (QED) is 0.162. The summed E-state index contributed by atoms with van der Waals surface area (Å²) in [5.41, 5.74) is 5.17. The van der Waals surface area contributed by atoms with Gasteiger partial charge in [0.15, 0.2) is 0 Å². The van der Waals surface area contributed by atoms with Crippen molar-refractivity contribution in [2.24, 2.45) is 10.9 Å². The Morgan fingerprint density at radius 1 is 1.78 bits per heavy atom. The summed E-state index contributed by atoms with van der Waals surface area (Å²) >= 11 is 0. The van der Waals surface area contributed by atoms with Gasteiger partial charge in [-0.1, -0.05) is 12.1 Å². The number of nitrogens with zero attached hydrogens (tertiary/aromatic N) is 1. The van der Waals surface area contributed by atoms with Crippen LogP contribution in [0.5, 0.6) is 0 Å². The number of oxime groups is 1. The molecule has 0 aliphatic carbocycles. The van der Waals surface area contributed by atoms with Crippen LogP contribution < -0.4 is 11.1 Å². The van der Waals surface area contributed by atoms with Gasteiger partial charge in [-0.25, -0.2) is 0 Å². The van der Waals surface area contributed by atoms with Crippen LogP contribution in [0.3, 0.4) is 0 Å². The molecule has 54 valence electrons. The van der Waals surface area contributed by atoms with Crippen molar-refractivity contribution in [2.45, 2.75) is 13.3 Å². The lowest BCUT2D eigenvalue weighted by Crippen LogP contribution is -2.21. The number of amidine groups is 1. The molecule has 4 nitrogen and oxygen atoms in total. The Balaban J connectivity index is 3.07. The van der Waals surface area contributed by atoms with Crippen LogP contribution in [0.2, 0.25) is 0 Å². The maximum absolute atomic E-state index is 8.07.